The molecule has 0 aromatic heterocycles. The van der Waals surface area contributed by atoms with Gasteiger partial charge < -0.3 is 0 Å². The quantitative estimate of drug-likeness (QED) is 0.373. The molecule has 1 radical (unpaired) electrons. The van der Waals surface area contributed by atoms with Crippen LogP contribution in [-0.2, 0) is 28.8 Å². The predicted molar refractivity (Wildman–Crippen MR) is 34.3 cm³/mol. The standard InChI is InChI=1S/C6H6.2CO.Rh/c1-2-4-6-5-3-1;2*1-2;/h1-6H;;;. The van der Waals surface area contributed by atoms with Crippen molar-refractivity contribution in [2.75, 3.05) is 0 Å². The van der Waals surface area contributed by atoms with Crippen LogP contribution in [0.4, 0.5) is 0 Å². The van der Waals surface area contributed by atoms with Gasteiger partial charge in [-0.15, -0.1) is 0 Å². The number of rotatable bonds is 0. The van der Waals surface area contributed by atoms with Gasteiger partial charge in [0.1, 0.15) is 0 Å². The average molecular weight is 237 g/mol. The summed E-state index contributed by atoms with van der Waals surface area (Å²) < 4.78 is 15.0. The third-order valence-corrected chi connectivity index (χ3v) is 0.667. The molecule has 1 aromatic rings. The van der Waals surface area contributed by atoms with Crippen molar-refractivity contribution >= 4 is 0 Å². The molecular weight excluding hydrogens is 231 g/mol. The fourth-order valence-corrected chi connectivity index (χ4v) is 0.385. The first-order chi connectivity index (χ1) is 5.00. The summed E-state index contributed by atoms with van der Waals surface area (Å²) in [7, 11) is 0. The van der Waals surface area contributed by atoms with E-state index in [2.05, 4.69) is 13.3 Å². The van der Waals surface area contributed by atoms with Crippen LogP contribution in [0.3, 0.4) is 0 Å². The van der Waals surface area contributed by atoms with E-state index in [1.54, 1.807) is 0 Å². The molecular formula is C8H6O2Rh. The van der Waals surface area contributed by atoms with E-state index in [0.29, 0.717) is 0 Å². The first-order valence-electron chi connectivity index (χ1n) is 2.41. The number of hydrogen-bond donors (Lipinski definition) is 0. The molecule has 2 nitrogen and oxygen atoms in total. The Bertz CT molecular complexity index is 136. The second-order valence-corrected chi connectivity index (χ2v) is 1.15. The van der Waals surface area contributed by atoms with Gasteiger partial charge in [0, 0.05) is 19.5 Å². The van der Waals surface area contributed by atoms with Crippen LogP contribution in [0.5, 0.6) is 0 Å². The molecule has 0 N–H and O–H groups in total. The van der Waals surface area contributed by atoms with Crippen LogP contribution in [0.25, 0.3) is 0 Å². The van der Waals surface area contributed by atoms with Gasteiger partial charge in [0.15, 0.2) is 0 Å². The van der Waals surface area contributed by atoms with Crippen LogP contribution in [0.15, 0.2) is 36.4 Å². The largest absolute Gasteiger partial charge is 0.0623 e. The van der Waals surface area contributed by atoms with Gasteiger partial charge in [0.2, 0.25) is 0 Å². The summed E-state index contributed by atoms with van der Waals surface area (Å²) >= 11 is 0. The Morgan fingerprint density at radius 1 is 0.545 bits per heavy atom. The van der Waals surface area contributed by atoms with E-state index in [0.717, 1.165) is 0 Å². The molecule has 1 rings (SSSR count). The summed E-state index contributed by atoms with van der Waals surface area (Å²) in [6, 6.07) is 12.0. The Kier molecular flexibility index (Phi) is 34.7. The van der Waals surface area contributed by atoms with Crippen molar-refractivity contribution in [3.05, 3.63) is 49.7 Å². The maximum Gasteiger partial charge on any atom is 0 e. The zero-order valence-electron chi connectivity index (χ0n) is 5.61. The molecule has 0 saturated carbocycles. The van der Waals surface area contributed by atoms with E-state index in [1.807, 2.05) is 36.4 Å². The van der Waals surface area contributed by atoms with Crippen molar-refractivity contribution in [1.29, 1.82) is 0 Å². The van der Waals surface area contributed by atoms with E-state index >= 15 is 0 Å². The molecule has 0 spiro atoms. The normalized spacial score (nSPS) is 4.73. The minimum Gasteiger partial charge on any atom is -0.0623 e. The first kappa shape index (κ1) is 16.7. The molecule has 0 saturated heterocycles. The monoisotopic (exact) mass is 237 g/mol. The summed E-state index contributed by atoms with van der Waals surface area (Å²) in [5.41, 5.74) is 0. The van der Waals surface area contributed by atoms with Gasteiger partial charge in [-0.1, -0.05) is 36.4 Å². The van der Waals surface area contributed by atoms with Gasteiger partial charge in [-0.25, -0.2) is 0 Å². The molecule has 0 amide bonds. The van der Waals surface area contributed by atoms with E-state index in [9.17, 15) is 0 Å². The SMILES string of the molecule is [C-]#[O+].[C-]#[O+].[Rh].c1ccccc1. The summed E-state index contributed by atoms with van der Waals surface area (Å²) in [5.74, 6) is 0. The van der Waals surface area contributed by atoms with E-state index in [-0.39, 0.29) is 19.5 Å². The van der Waals surface area contributed by atoms with Gasteiger partial charge in [-0.3, -0.25) is 0 Å². The molecule has 0 fully saturated rings. The molecule has 59 valence electrons. The molecule has 0 aliphatic rings. The summed E-state index contributed by atoms with van der Waals surface area (Å²) in [4.78, 5) is 0. The number of benzene rings is 1. The van der Waals surface area contributed by atoms with Crippen molar-refractivity contribution in [3.8, 4) is 0 Å². The van der Waals surface area contributed by atoms with Gasteiger partial charge >= 0.3 is 22.6 Å². The Balaban J connectivity index is -0.000000114. The van der Waals surface area contributed by atoms with Crippen LogP contribution in [-0.4, -0.2) is 0 Å². The molecule has 0 atom stereocenters. The van der Waals surface area contributed by atoms with Gasteiger partial charge in [0.05, 0.1) is 0 Å². The zero-order chi connectivity index (χ0) is 8.24. The maximum atomic E-state index is 7.50. The first-order valence-corrected chi connectivity index (χ1v) is 2.41. The van der Waals surface area contributed by atoms with Crippen molar-refractivity contribution < 1.29 is 28.8 Å². The fourth-order valence-electron chi connectivity index (χ4n) is 0.385. The molecule has 0 bridgehead atoms. The van der Waals surface area contributed by atoms with Crippen LogP contribution in [0.2, 0.25) is 0 Å². The van der Waals surface area contributed by atoms with E-state index in [4.69, 9.17) is 9.30 Å². The van der Waals surface area contributed by atoms with Crippen LogP contribution in [0, 0.1) is 13.3 Å². The Hall–Kier alpha value is -0.677. The smallest absolute Gasteiger partial charge is 0 e. The van der Waals surface area contributed by atoms with Crippen LogP contribution < -0.4 is 0 Å². The van der Waals surface area contributed by atoms with E-state index in [1.165, 1.54) is 0 Å². The Morgan fingerprint density at radius 2 is 0.636 bits per heavy atom. The molecule has 0 heterocycles. The molecule has 3 heteroatoms. The predicted octanol–water partition coefficient (Wildman–Crippen LogP) is 1.61. The van der Waals surface area contributed by atoms with Gasteiger partial charge in [-0.05, 0) is 0 Å². The van der Waals surface area contributed by atoms with Gasteiger partial charge in [0.25, 0.3) is 0 Å². The minimum absolute atomic E-state index is 0. The second-order valence-electron chi connectivity index (χ2n) is 1.15. The van der Waals surface area contributed by atoms with Crippen molar-refractivity contribution in [1.82, 2.24) is 0 Å². The minimum atomic E-state index is 0. The average Bonchev–Trinajstić information content (AvgIpc) is 2.14. The Labute approximate surface area is 78.8 Å². The second kappa shape index (κ2) is 22.8. The van der Waals surface area contributed by atoms with Crippen LogP contribution >= 0.6 is 0 Å². The molecule has 0 unspecified atom stereocenters. The molecule has 11 heavy (non-hydrogen) atoms. The Morgan fingerprint density at radius 3 is 0.727 bits per heavy atom. The fraction of sp³-hybridized carbons (Fsp3) is 0. The maximum absolute atomic E-state index is 7.50. The van der Waals surface area contributed by atoms with Crippen molar-refractivity contribution in [2.24, 2.45) is 0 Å². The third kappa shape index (κ3) is 17.6. The summed E-state index contributed by atoms with van der Waals surface area (Å²) in [6.45, 7) is 9.00. The van der Waals surface area contributed by atoms with Gasteiger partial charge in [-0.2, -0.15) is 0 Å². The number of hydrogen-bond acceptors (Lipinski definition) is 0. The zero-order valence-corrected chi connectivity index (χ0v) is 7.25. The summed E-state index contributed by atoms with van der Waals surface area (Å²) in [6.07, 6.45) is 0. The van der Waals surface area contributed by atoms with Crippen LogP contribution in [0.1, 0.15) is 0 Å². The molecule has 1 aromatic carbocycles. The topological polar surface area (TPSA) is 39.8 Å². The van der Waals surface area contributed by atoms with Crippen molar-refractivity contribution in [2.45, 2.75) is 0 Å². The summed E-state index contributed by atoms with van der Waals surface area (Å²) in [5, 5.41) is 0. The molecule has 0 aliphatic carbocycles. The third-order valence-electron chi connectivity index (χ3n) is 0.667. The van der Waals surface area contributed by atoms with Crippen molar-refractivity contribution in [3.63, 3.8) is 0 Å². The molecule has 0 aliphatic heterocycles. The van der Waals surface area contributed by atoms with E-state index < -0.39 is 0 Å².